The lowest BCUT2D eigenvalue weighted by atomic mass is 10.2. The summed E-state index contributed by atoms with van der Waals surface area (Å²) in [6.45, 7) is 3.80. The van der Waals surface area contributed by atoms with Crippen molar-refractivity contribution in [2.45, 2.75) is 13.8 Å². The molecular formula is C8H7N5OS. The summed E-state index contributed by atoms with van der Waals surface area (Å²) in [5, 5.41) is 3.86. The number of hydrogen-bond acceptors (Lipinski definition) is 4. The number of fused-ring (bicyclic) bond motifs is 1. The highest BCUT2D eigenvalue weighted by Gasteiger charge is 2.10. The monoisotopic (exact) mass is 221 g/mol. The van der Waals surface area contributed by atoms with Crippen LogP contribution in [-0.2, 0) is 0 Å². The van der Waals surface area contributed by atoms with Gasteiger partial charge in [-0.05, 0) is 30.1 Å². The number of thiophene rings is 1. The van der Waals surface area contributed by atoms with E-state index in [4.69, 9.17) is 5.53 Å². The van der Waals surface area contributed by atoms with Crippen LogP contribution in [0.4, 0.5) is 5.95 Å². The zero-order valence-corrected chi connectivity index (χ0v) is 8.92. The Morgan fingerprint density at radius 2 is 2.27 bits per heavy atom. The molecule has 1 N–H and O–H groups in total. The van der Waals surface area contributed by atoms with E-state index in [1.54, 1.807) is 0 Å². The van der Waals surface area contributed by atoms with E-state index < -0.39 is 0 Å². The Hall–Kier alpha value is -1.85. The molecule has 0 aromatic carbocycles. The smallest absolute Gasteiger partial charge is 0.260 e. The van der Waals surface area contributed by atoms with Crippen LogP contribution in [0, 0.1) is 13.8 Å². The molecule has 0 aliphatic heterocycles. The lowest BCUT2D eigenvalue weighted by molar-refractivity contribution is 1.13. The van der Waals surface area contributed by atoms with Crippen LogP contribution in [0.5, 0.6) is 0 Å². The average molecular weight is 221 g/mol. The summed E-state index contributed by atoms with van der Waals surface area (Å²) in [5.41, 5.74) is 8.91. The molecule has 0 atom stereocenters. The summed E-state index contributed by atoms with van der Waals surface area (Å²) in [6.07, 6.45) is 0. The molecule has 0 bridgehead atoms. The van der Waals surface area contributed by atoms with E-state index in [1.165, 1.54) is 11.3 Å². The van der Waals surface area contributed by atoms with Crippen LogP contribution in [0.3, 0.4) is 0 Å². The van der Waals surface area contributed by atoms with E-state index in [1.807, 2.05) is 13.8 Å². The molecule has 15 heavy (non-hydrogen) atoms. The van der Waals surface area contributed by atoms with Gasteiger partial charge in [0.1, 0.15) is 4.83 Å². The van der Waals surface area contributed by atoms with Crippen LogP contribution in [-0.4, -0.2) is 9.97 Å². The highest BCUT2D eigenvalue weighted by atomic mass is 32.1. The number of H-pyrrole nitrogens is 1. The SMILES string of the molecule is Cc1sc2nc(N=[N+]=[N-])[nH]c(=O)c2c1C. The first kappa shape index (κ1) is 9.70. The fourth-order valence-corrected chi connectivity index (χ4v) is 2.36. The molecule has 0 saturated carbocycles. The number of aromatic amines is 1. The van der Waals surface area contributed by atoms with Gasteiger partial charge in [-0.2, -0.15) is 0 Å². The van der Waals surface area contributed by atoms with Gasteiger partial charge in [-0.1, -0.05) is 0 Å². The Balaban J connectivity index is 2.90. The minimum Gasteiger partial charge on any atom is -0.305 e. The fourth-order valence-electron chi connectivity index (χ4n) is 1.33. The summed E-state index contributed by atoms with van der Waals surface area (Å²) in [6, 6.07) is 0. The zero-order chi connectivity index (χ0) is 11.0. The largest absolute Gasteiger partial charge is 0.305 e. The molecule has 0 unspecified atom stereocenters. The molecule has 0 radical (unpaired) electrons. The fraction of sp³-hybridized carbons (Fsp3) is 0.250. The Labute approximate surface area is 88.2 Å². The average Bonchev–Trinajstić information content (AvgIpc) is 2.43. The molecule has 7 heteroatoms. The molecule has 6 nitrogen and oxygen atoms in total. The van der Waals surface area contributed by atoms with Crippen molar-refractivity contribution >= 4 is 27.5 Å². The van der Waals surface area contributed by atoms with Gasteiger partial charge in [0.15, 0.2) is 5.95 Å². The highest BCUT2D eigenvalue weighted by molar-refractivity contribution is 7.18. The second-order valence-corrected chi connectivity index (χ2v) is 4.25. The Morgan fingerprint density at radius 3 is 2.93 bits per heavy atom. The second-order valence-electron chi connectivity index (χ2n) is 3.04. The molecule has 0 aliphatic rings. The number of nitrogens with zero attached hydrogens (tertiary/aromatic N) is 4. The van der Waals surface area contributed by atoms with Crippen molar-refractivity contribution < 1.29 is 0 Å². The molecule has 76 valence electrons. The van der Waals surface area contributed by atoms with Crippen molar-refractivity contribution in [1.29, 1.82) is 0 Å². The van der Waals surface area contributed by atoms with Crippen LogP contribution < -0.4 is 5.56 Å². The molecule has 2 aromatic rings. The maximum Gasteiger partial charge on any atom is 0.260 e. The summed E-state index contributed by atoms with van der Waals surface area (Å²) in [7, 11) is 0. The van der Waals surface area contributed by atoms with Crippen molar-refractivity contribution in [3.8, 4) is 0 Å². The third-order valence-electron chi connectivity index (χ3n) is 2.17. The van der Waals surface area contributed by atoms with Crippen molar-refractivity contribution in [3.63, 3.8) is 0 Å². The number of hydrogen-bond donors (Lipinski definition) is 1. The van der Waals surface area contributed by atoms with Gasteiger partial charge < -0.3 is 4.98 Å². The number of rotatable bonds is 1. The molecule has 0 saturated heterocycles. The number of aryl methyl sites for hydroxylation is 2. The highest BCUT2D eigenvalue weighted by Crippen LogP contribution is 2.26. The Bertz CT molecular complexity index is 634. The van der Waals surface area contributed by atoms with E-state index in [0.717, 1.165) is 10.4 Å². The van der Waals surface area contributed by atoms with Crippen molar-refractivity contribution in [3.05, 3.63) is 31.2 Å². The summed E-state index contributed by atoms with van der Waals surface area (Å²) in [4.78, 5) is 22.3. The van der Waals surface area contributed by atoms with Crippen LogP contribution in [0.1, 0.15) is 10.4 Å². The van der Waals surface area contributed by atoms with Gasteiger partial charge in [-0.15, -0.1) is 11.3 Å². The predicted molar refractivity (Wildman–Crippen MR) is 58.5 cm³/mol. The Kier molecular flexibility index (Phi) is 2.18. The van der Waals surface area contributed by atoms with Crippen LogP contribution >= 0.6 is 11.3 Å². The van der Waals surface area contributed by atoms with E-state index in [-0.39, 0.29) is 11.5 Å². The summed E-state index contributed by atoms with van der Waals surface area (Å²) in [5.74, 6) is 0.0104. The molecule has 2 aromatic heterocycles. The quantitative estimate of drug-likeness (QED) is 0.455. The van der Waals surface area contributed by atoms with Crippen molar-refractivity contribution in [1.82, 2.24) is 9.97 Å². The lowest BCUT2D eigenvalue weighted by Crippen LogP contribution is -2.06. The molecule has 0 fully saturated rings. The standard InChI is InChI=1S/C8H7N5OS/c1-3-4(2)15-7-5(3)6(14)10-8(11-7)12-13-9/h1-2H3,(H,10,11,14). The topological polar surface area (TPSA) is 94.5 Å². The molecular weight excluding hydrogens is 214 g/mol. The normalized spacial score (nSPS) is 10.3. The van der Waals surface area contributed by atoms with E-state index in [9.17, 15) is 4.79 Å². The first-order valence-electron chi connectivity index (χ1n) is 4.18. The Morgan fingerprint density at radius 1 is 1.53 bits per heavy atom. The predicted octanol–water partition coefficient (Wildman–Crippen LogP) is 2.54. The number of aromatic nitrogens is 2. The lowest BCUT2D eigenvalue weighted by Gasteiger charge is -1.92. The van der Waals surface area contributed by atoms with Gasteiger partial charge in [0.05, 0.1) is 5.39 Å². The van der Waals surface area contributed by atoms with Crippen LogP contribution in [0.2, 0.25) is 0 Å². The van der Waals surface area contributed by atoms with Crippen molar-refractivity contribution in [2.24, 2.45) is 5.11 Å². The maximum absolute atomic E-state index is 11.6. The first-order chi connectivity index (χ1) is 7.13. The van der Waals surface area contributed by atoms with Gasteiger partial charge >= 0.3 is 0 Å². The van der Waals surface area contributed by atoms with Crippen LogP contribution in [0.25, 0.3) is 20.7 Å². The minimum atomic E-state index is -0.260. The summed E-state index contributed by atoms with van der Waals surface area (Å²) >= 11 is 1.42. The molecule has 0 aliphatic carbocycles. The molecule has 0 amide bonds. The molecule has 2 rings (SSSR count). The number of nitrogens with one attached hydrogen (secondary N) is 1. The second kappa shape index (κ2) is 3.38. The van der Waals surface area contributed by atoms with E-state index >= 15 is 0 Å². The third kappa shape index (κ3) is 1.47. The van der Waals surface area contributed by atoms with Crippen LogP contribution in [0.15, 0.2) is 9.91 Å². The van der Waals surface area contributed by atoms with E-state index in [2.05, 4.69) is 20.0 Å². The van der Waals surface area contributed by atoms with Gasteiger partial charge in [-0.25, -0.2) is 4.98 Å². The van der Waals surface area contributed by atoms with Gasteiger partial charge in [0, 0.05) is 9.79 Å². The summed E-state index contributed by atoms with van der Waals surface area (Å²) < 4.78 is 0. The van der Waals surface area contributed by atoms with Gasteiger partial charge in [0.2, 0.25) is 0 Å². The van der Waals surface area contributed by atoms with Crippen molar-refractivity contribution in [2.75, 3.05) is 0 Å². The molecule has 2 heterocycles. The van der Waals surface area contributed by atoms with Gasteiger partial charge in [0.25, 0.3) is 5.56 Å². The minimum absolute atomic E-state index is 0.0104. The molecule has 0 spiro atoms. The van der Waals surface area contributed by atoms with E-state index in [0.29, 0.717) is 10.2 Å². The number of azide groups is 1. The maximum atomic E-state index is 11.6. The van der Waals surface area contributed by atoms with Gasteiger partial charge in [-0.3, -0.25) is 4.79 Å². The third-order valence-corrected chi connectivity index (χ3v) is 3.27. The zero-order valence-electron chi connectivity index (χ0n) is 8.11. The first-order valence-corrected chi connectivity index (χ1v) is 5.00.